The first-order valence-corrected chi connectivity index (χ1v) is 12.3. The Hall–Kier alpha value is -2.48. The number of rotatable bonds is 8. The van der Waals surface area contributed by atoms with Crippen molar-refractivity contribution in [2.45, 2.75) is 95.2 Å². The van der Waals surface area contributed by atoms with Crippen molar-refractivity contribution in [2.24, 2.45) is 49.6 Å². The lowest BCUT2D eigenvalue weighted by Crippen LogP contribution is -2.45. The first-order chi connectivity index (χ1) is 16.0. The van der Waals surface area contributed by atoms with Gasteiger partial charge in [-0.15, -0.1) is 0 Å². The van der Waals surface area contributed by atoms with Crippen molar-refractivity contribution in [3.05, 3.63) is 0 Å². The number of isocyanates is 4. The Morgan fingerprint density at radius 1 is 0.758 bits per heavy atom. The third kappa shape index (κ3) is 6.53. The van der Waals surface area contributed by atoms with Gasteiger partial charge in [0.05, 0.1) is 24.2 Å². The summed E-state index contributed by atoms with van der Waals surface area (Å²) in [5.74, 6) is 2.04. The van der Waals surface area contributed by atoms with E-state index in [9.17, 15) is 19.2 Å². The van der Waals surface area contributed by atoms with Crippen LogP contribution in [0, 0.1) is 29.6 Å². The van der Waals surface area contributed by atoms with Gasteiger partial charge in [-0.2, -0.15) is 4.99 Å². The van der Waals surface area contributed by atoms with E-state index >= 15 is 0 Å². The second-order valence-corrected chi connectivity index (χ2v) is 10.5. The van der Waals surface area contributed by atoms with E-state index in [0.717, 1.165) is 64.2 Å². The molecule has 3 saturated carbocycles. The molecule has 3 unspecified atom stereocenters. The Morgan fingerprint density at radius 3 is 1.76 bits per heavy atom. The quantitative estimate of drug-likeness (QED) is 0.402. The minimum atomic E-state index is -0.460. The number of hydrogen-bond acceptors (Lipinski definition) is 8. The van der Waals surface area contributed by atoms with Crippen LogP contribution in [0.5, 0.6) is 0 Å². The van der Waals surface area contributed by atoms with Gasteiger partial charge in [0.1, 0.15) is 0 Å². The zero-order valence-corrected chi connectivity index (χ0v) is 19.4. The fourth-order valence-electron chi connectivity index (χ4n) is 7.07. The molecule has 0 spiro atoms. The van der Waals surface area contributed by atoms with Crippen LogP contribution in [-0.4, -0.2) is 48.5 Å². The van der Waals surface area contributed by atoms with Gasteiger partial charge in [-0.25, -0.2) is 34.2 Å². The maximum absolute atomic E-state index is 11.0. The van der Waals surface area contributed by atoms with Gasteiger partial charge in [0.15, 0.2) is 0 Å². The van der Waals surface area contributed by atoms with Gasteiger partial charge in [0.2, 0.25) is 24.3 Å². The normalized spacial score (nSPS) is 37.2. The third-order valence-corrected chi connectivity index (χ3v) is 8.57. The first-order valence-electron chi connectivity index (χ1n) is 12.3. The average Bonchev–Trinajstić information content (AvgIpc) is 2.82. The fraction of sp³-hybridized carbons (Fsp3) is 0.840. The van der Waals surface area contributed by atoms with Gasteiger partial charge >= 0.3 is 0 Å². The molecule has 3 rings (SSSR count). The van der Waals surface area contributed by atoms with Crippen molar-refractivity contribution in [3.8, 4) is 0 Å². The predicted molar refractivity (Wildman–Crippen MR) is 122 cm³/mol. The smallest absolute Gasteiger partial charge is 0.211 e. The Morgan fingerprint density at radius 2 is 1.30 bits per heavy atom. The number of nitrogens with zero attached hydrogens (tertiary/aromatic N) is 4. The van der Waals surface area contributed by atoms with Crippen LogP contribution in [0.2, 0.25) is 0 Å². The van der Waals surface area contributed by atoms with Crippen LogP contribution < -0.4 is 0 Å². The van der Waals surface area contributed by atoms with Gasteiger partial charge in [-0.05, 0) is 107 Å². The van der Waals surface area contributed by atoms with Crippen LogP contribution in [-0.2, 0) is 19.2 Å². The molecule has 8 heteroatoms. The van der Waals surface area contributed by atoms with Gasteiger partial charge in [-0.3, -0.25) is 0 Å². The molecule has 3 fully saturated rings. The van der Waals surface area contributed by atoms with Crippen LogP contribution in [0.3, 0.4) is 0 Å². The third-order valence-electron chi connectivity index (χ3n) is 8.57. The molecule has 3 aliphatic rings. The Labute approximate surface area is 195 Å². The highest BCUT2D eigenvalue weighted by Gasteiger charge is 2.46. The van der Waals surface area contributed by atoms with Gasteiger partial charge in [-0.1, -0.05) is 0 Å². The second kappa shape index (κ2) is 12.1. The van der Waals surface area contributed by atoms with Crippen LogP contribution in [0.25, 0.3) is 0 Å². The molecule has 3 aliphatic carbocycles. The predicted octanol–water partition coefficient (Wildman–Crippen LogP) is 4.24. The number of hydrogen-bond donors (Lipinski definition) is 0. The summed E-state index contributed by atoms with van der Waals surface area (Å²) < 4.78 is 0. The molecule has 0 amide bonds. The molecule has 0 bridgehead atoms. The summed E-state index contributed by atoms with van der Waals surface area (Å²) in [4.78, 5) is 59.4. The van der Waals surface area contributed by atoms with Crippen LogP contribution >= 0.6 is 0 Å². The molecular weight excluding hydrogens is 420 g/mol. The van der Waals surface area contributed by atoms with E-state index in [0.29, 0.717) is 36.6 Å². The SMILES string of the molecule is CC1(N=C=O)CCC(C(C2CCC(N=C=O)CC2)C2CCC(N=C=O)CC2)C(CN=C=O)C1. The highest BCUT2D eigenvalue weighted by molar-refractivity contribution is 5.35. The van der Waals surface area contributed by atoms with Gasteiger partial charge in [0.25, 0.3) is 0 Å². The van der Waals surface area contributed by atoms with E-state index in [4.69, 9.17) is 0 Å². The van der Waals surface area contributed by atoms with Crippen molar-refractivity contribution in [1.29, 1.82) is 0 Å². The Bertz CT molecular complexity index is 814. The summed E-state index contributed by atoms with van der Waals surface area (Å²) in [6.07, 6.45) is 17.1. The van der Waals surface area contributed by atoms with Crippen molar-refractivity contribution < 1.29 is 19.2 Å². The summed E-state index contributed by atoms with van der Waals surface area (Å²) >= 11 is 0. The monoisotopic (exact) mass is 454 g/mol. The lowest BCUT2D eigenvalue weighted by atomic mass is 9.57. The number of aliphatic imine (C=N–C) groups is 4. The maximum Gasteiger partial charge on any atom is 0.235 e. The largest absolute Gasteiger partial charge is 0.235 e. The molecule has 0 radical (unpaired) electrons. The van der Waals surface area contributed by atoms with Crippen molar-refractivity contribution >= 4 is 24.3 Å². The van der Waals surface area contributed by atoms with Crippen molar-refractivity contribution in [1.82, 2.24) is 0 Å². The lowest BCUT2D eigenvalue weighted by molar-refractivity contribution is 0.0183. The summed E-state index contributed by atoms with van der Waals surface area (Å²) in [5, 5.41) is 0. The molecule has 0 N–H and O–H groups in total. The summed E-state index contributed by atoms with van der Waals surface area (Å²) in [7, 11) is 0. The molecular formula is C25H34N4O4. The molecule has 0 aromatic carbocycles. The fourth-order valence-corrected chi connectivity index (χ4v) is 7.07. The molecule has 0 aliphatic heterocycles. The minimum Gasteiger partial charge on any atom is -0.211 e. The van der Waals surface area contributed by atoms with Crippen LogP contribution in [0.15, 0.2) is 20.0 Å². The summed E-state index contributed by atoms with van der Waals surface area (Å²) in [6.45, 7) is 2.40. The molecule has 33 heavy (non-hydrogen) atoms. The molecule has 8 nitrogen and oxygen atoms in total. The van der Waals surface area contributed by atoms with E-state index < -0.39 is 5.54 Å². The molecule has 0 saturated heterocycles. The van der Waals surface area contributed by atoms with E-state index in [1.165, 1.54) is 0 Å². The highest BCUT2D eigenvalue weighted by Crippen LogP contribution is 2.51. The topological polar surface area (TPSA) is 118 Å². The zero-order chi connectivity index (χ0) is 23.7. The average molecular weight is 455 g/mol. The molecule has 0 aromatic rings. The van der Waals surface area contributed by atoms with Crippen LogP contribution in [0.4, 0.5) is 0 Å². The van der Waals surface area contributed by atoms with Crippen molar-refractivity contribution in [3.63, 3.8) is 0 Å². The van der Waals surface area contributed by atoms with Crippen molar-refractivity contribution in [2.75, 3.05) is 6.54 Å². The zero-order valence-electron chi connectivity index (χ0n) is 19.4. The second-order valence-electron chi connectivity index (χ2n) is 10.5. The minimum absolute atomic E-state index is 0.0732. The van der Waals surface area contributed by atoms with E-state index in [2.05, 4.69) is 20.0 Å². The first kappa shape index (κ1) is 25.1. The number of carbonyl (C=O) groups excluding carboxylic acids is 4. The molecule has 0 heterocycles. The van der Waals surface area contributed by atoms with Gasteiger partial charge < -0.3 is 0 Å². The molecule has 3 atom stereocenters. The van der Waals surface area contributed by atoms with Gasteiger partial charge in [0, 0.05) is 0 Å². The van der Waals surface area contributed by atoms with E-state index in [1.807, 2.05) is 6.92 Å². The molecule has 178 valence electrons. The Balaban J connectivity index is 1.85. The van der Waals surface area contributed by atoms with Crippen LogP contribution in [0.1, 0.15) is 77.6 Å². The summed E-state index contributed by atoms with van der Waals surface area (Å²) in [5.41, 5.74) is -0.460. The summed E-state index contributed by atoms with van der Waals surface area (Å²) in [6, 6.07) is 0.146. The highest BCUT2D eigenvalue weighted by atomic mass is 16.1. The van der Waals surface area contributed by atoms with E-state index in [-0.39, 0.29) is 18.0 Å². The standard InChI is InChI=1S/C25H34N4O4/c1-25(29-17-33)11-10-23(20(12-25)13-26-14-30)24(18-2-6-21(7-3-18)27-15-31)19-4-8-22(9-5-19)28-16-32/h18-24H,2-13H2,1H3. The van der Waals surface area contributed by atoms with E-state index in [1.54, 1.807) is 24.3 Å². The molecule has 0 aromatic heterocycles. The Kier molecular flexibility index (Phi) is 9.23. The lowest BCUT2D eigenvalue weighted by Gasteiger charge is -2.49. The maximum atomic E-state index is 11.0.